The summed E-state index contributed by atoms with van der Waals surface area (Å²) in [5, 5.41) is 8.87. The summed E-state index contributed by atoms with van der Waals surface area (Å²) in [6.45, 7) is 2.79. The Bertz CT molecular complexity index is 334. The van der Waals surface area contributed by atoms with Crippen LogP contribution < -0.4 is 4.72 Å². The lowest BCUT2D eigenvalue weighted by molar-refractivity contribution is 0.293. The zero-order chi connectivity index (χ0) is 11.3. The number of nitrogens with zero attached hydrogens (tertiary/aromatic N) is 2. The van der Waals surface area contributed by atoms with Crippen LogP contribution >= 0.6 is 0 Å². The van der Waals surface area contributed by atoms with Gasteiger partial charge in [-0.2, -0.15) is 18.0 Å². The third-order valence-corrected chi connectivity index (χ3v) is 4.07. The van der Waals surface area contributed by atoms with Gasteiger partial charge in [0.2, 0.25) is 0 Å². The van der Waals surface area contributed by atoms with Crippen molar-refractivity contribution in [1.82, 2.24) is 9.03 Å². The molecule has 0 bridgehead atoms. The maximum Gasteiger partial charge on any atom is 0.280 e. The molecule has 0 aliphatic carbocycles. The summed E-state index contributed by atoms with van der Waals surface area (Å²) in [5.74, 6) is 0. The van der Waals surface area contributed by atoms with E-state index in [-0.39, 0.29) is 0 Å². The Morgan fingerprint density at radius 3 is 2.87 bits per heavy atom. The van der Waals surface area contributed by atoms with E-state index in [1.807, 2.05) is 13.0 Å². The molecule has 0 amide bonds. The maximum absolute atomic E-state index is 11.8. The molecule has 5 nitrogen and oxygen atoms in total. The summed E-state index contributed by atoms with van der Waals surface area (Å²) in [7, 11) is -3.45. The Labute approximate surface area is 91.3 Å². The molecule has 0 spiro atoms. The predicted molar refractivity (Wildman–Crippen MR) is 57.2 cm³/mol. The second kappa shape index (κ2) is 5.45. The summed E-state index contributed by atoms with van der Waals surface area (Å²) in [6.07, 6.45) is 3.16. The molecule has 0 aromatic heterocycles. The van der Waals surface area contributed by atoms with Crippen molar-refractivity contribution in [2.75, 3.05) is 13.1 Å². The average Bonchev–Trinajstić information content (AvgIpc) is 2.26. The van der Waals surface area contributed by atoms with Crippen molar-refractivity contribution >= 4 is 10.2 Å². The highest BCUT2D eigenvalue weighted by Gasteiger charge is 2.31. The molecule has 1 N–H and O–H groups in total. The van der Waals surface area contributed by atoms with E-state index in [0.29, 0.717) is 19.5 Å². The molecule has 1 rings (SSSR count). The first-order valence-corrected chi connectivity index (χ1v) is 6.72. The first-order valence-electron chi connectivity index (χ1n) is 5.28. The molecule has 1 saturated heterocycles. The third kappa shape index (κ3) is 3.16. The number of rotatable bonds is 4. The fraction of sp³-hybridized carbons (Fsp3) is 0.889. The smallest absolute Gasteiger partial charge is 0.202 e. The Morgan fingerprint density at radius 2 is 2.27 bits per heavy atom. The van der Waals surface area contributed by atoms with Crippen LogP contribution in [0.3, 0.4) is 0 Å². The molecule has 0 saturated carbocycles. The number of hydrogen-bond acceptors (Lipinski definition) is 3. The summed E-state index contributed by atoms with van der Waals surface area (Å²) in [6, 6.07) is 1.55. The van der Waals surface area contributed by atoms with Gasteiger partial charge in [-0.1, -0.05) is 6.92 Å². The van der Waals surface area contributed by atoms with Crippen LogP contribution in [0.15, 0.2) is 0 Å². The number of nitriles is 1. The van der Waals surface area contributed by atoms with Crippen molar-refractivity contribution in [3.8, 4) is 6.07 Å². The van der Waals surface area contributed by atoms with Crippen LogP contribution in [-0.2, 0) is 10.2 Å². The molecule has 1 unspecified atom stereocenters. The van der Waals surface area contributed by atoms with Crippen molar-refractivity contribution in [3.63, 3.8) is 0 Å². The van der Waals surface area contributed by atoms with Gasteiger partial charge in [-0.25, -0.2) is 4.72 Å². The lowest BCUT2D eigenvalue weighted by atomic mass is 10.1. The molecule has 1 heterocycles. The monoisotopic (exact) mass is 231 g/mol. The quantitative estimate of drug-likeness (QED) is 0.770. The van der Waals surface area contributed by atoms with E-state index < -0.39 is 16.3 Å². The Kier molecular flexibility index (Phi) is 4.51. The van der Waals surface area contributed by atoms with Gasteiger partial charge in [0.25, 0.3) is 10.2 Å². The van der Waals surface area contributed by atoms with Gasteiger partial charge in [-0.3, -0.25) is 0 Å². The van der Waals surface area contributed by atoms with Crippen molar-refractivity contribution in [1.29, 1.82) is 5.26 Å². The molecule has 86 valence electrons. The number of piperidine rings is 1. The van der Waals surface area contributed by atoms with Crippen molar-refractivity contribution in [2.45, 2.75) is 38.6 Å². The summed E-state index contributed by atoms with van der Waals surface area (Å²) in [5.41, 5.74) is 0. The fourth-order valence-corrected chi connectivity index (χ4v) is 3.12. The standard InChI is InChI=1S/C9H17N3O2S/c1-2-6-11-15(13,14)12-7-4-3-5-9(12)8-10/h9,11H,2-7H2,1H3. The Balaban J connectivity index is 2.71. The van der Waals surface area contributed by atoms with Crippen LogP contribution in [0.1, 0.15) is 32.6 Å². The molecule has 1 fully saturated rings. The van der Waals surface area contributed by atoms with Crippen molar-refractivity contribution in [2.24, 2.45) is 0 Å². The van der Waals surface area contributed by atoms with Gasteiger partial charge in [0.15, 0.2) is 0 Å². The molecule has 1 aliphatic heterocycles. The molecule has 1 aliphatic rings. The highest BCUT2D eigenvalue weighted by Crippen LogP contribution is 2.18. The normalized spacial score (nSPS) is 23.6. The zero-order valence-corrected chi connectivity index (χ0v) is 9.76. The molecule has 0 radical (unpaired) electrons. The SMILES string of the molecule is CCCNS(=O)(=O)N1CCCCC1C#N. The first kappa shape index (κ1) is 12.4. The predicted octanol–water partition coefficient (Wildman–Crippen LogP) is 0.609. The van der Waals surface area contributed by atoms with Gasteiger partial charge < -0.3 is 0 Å². The van der Waals surface area contributed by atoms with E-state index >= 15 is 0 Å². The molecule has 0 aromatic rings. The van der Waals surface area contributed by atoms with E-state index in [1.54, 1.807) is 0 Å². The van der Waals surface area contributed by atoms with Crippen LogP contribution in [-0.4, -0.2) is 31.9 Å². The topological polar surface area (TPSA) is 73.2 Å². The third-order valence-electron chi connectivity index (χ3n) is 2.45. The van der Waals surface area contributed by atoms with Gasteiger partial charge in [-0.05, 0) is 25.7 Å². The second-order valence-electron chi connectivity index (χ2n) is 3.65. The summed E-state index contributed by atoms with van der Waals surface area (Å²) >= 11 is 0. The maximum atomic E-state index is 11.8. The molecule has 1 atom stereocenters. The highest BCUT2D eigenvalue weighted by atomic mass is 32.2. The number of hydrogen-bond donors (Lipinski definition) is 1. The van der Waals surface area contributed by atoms with E-state index in [1.165, 1.54) is 4.31 Å². The van der Waals surface area contributed by atoms with Gasteiger partial charge >= 0.3 is 0 Å². The molecular weight excluding hydrogens is 214 g/mol. The van der Waals surface area contributed by atoms with Crippen molar-refractivity contribution in [3.05, 3.63) is 0 Å². The van der Waals surface area contributed by atoms with Gasteiger partial charge in [-0.15, -0.1) is 0 Å². The van der Waals surface area contributed by atoms with Crippen molar-refractivity contribution < 1.29 is 8.42 Å². The van der Waals surface area contributed by atoms with Gasteiger partial charge in [0.1, 0.15) is 6.04 Å². The van der Waals surface area contributed by atoms with E-state index in [0.717, 1.165) is 19.3 Å². The number of nitrogens with one attached hydrogen (secondary N) is 1. The van der Waals surface area contributed by atoms with Crippen LogP contribution in [0.2, 0.25) is 0 Å². The summed E-state index contributed by atoms with van der Waals surface area (Å²) in [4.78, 5) is 0. The van der Waals surface area contributed by atoms with E-state index in [4.69, 9.17) is 5.26 Å². The van der Waals surface area contributed by atoms with E-state index in [2.05, 4.69) is 4.72 Å². The molecule has 0 aromatic carbocycles. The Hall–Kier alpha value is -0.640. The average molecular weight is 231 g/mol. The molecule has 15 heavy (non-hydrogen) atoms. The first-order chi connectivity index (χ1) is 7.11. The van der Waals surface area contributed by atoms with Gasteiger partial charge in [0, 0.05) is 13.1 Å². The van der Waals surface area contributed by atoms with Gasteiger partial charge in [0.05, 0.1) is 6.07 Å². The van der Waals surface area contributed by atoms with E-state index in [9.17, 15) is 8.42 Å². The second-order valence-corrected chi connectivity index (χ2v) is 5.36. The van der Waals surface area contributed by atoms with Crippen LogP contribution in [0, 0.1) is 11.3 Å². The van der Waals surface area contributed by atoms with Crippen LogP contribution in [0.5, 0.6) is 0 Å². The minimum Gasteiger partial charge on any atom is -0.202 e. The molecule has 6 heteroatoms. The highest BCUT2D eigenvalue weighted by molar-refractivity contribution is 7.87. The Morgan fingerprint density at radius 1 is 1.53 bits per heavy atom. The minimum atomic E-state index is -3.45. The van der Waals surface area contributed by atoms with Crippen LogP contribution in [0.4, 0.5) is 0 Å². The zero-order valence-electron chi connectivity index (χ0n) is 8.94. The fourth-order valence-electron chi connectivity index (χ4n) is 1.64. The minimum absolute atomic E-state index is 0.428. The lowest BCUT2D eigenvalue weighted by Gasteiger charge is -2.30. The lowest BCUT2D eigenvalue weighted by Crippen LogP contribution is -2.48. The largest absolute Gasteiger partial charge is 0.280 e. The summed E-state index contributed by atoms with van der Waals surface area (Å²) < 4.78 is 27.3. The molecular formula is C9H17N3O2S. The van der Waals surface area contributed by atoms with Crippen LogP contribution in [0.25, 0.3) is 0 Å².